The van der Waals surface area contributed by atoms with Crippen molar-refractivity contribution in [3.05, 3.63) is 60.7 Å². The van der Waals surface area contributed by atoms with E-state index in [0.29, 0.717) is 11.4 Å². The summed E-state index contributed by atoms with van der Waals surface area (Å²) in [6, 6.07) is 16.4. The molecule has 3 aromatic rings. The van der Waals surface area contributed by atoms with E-state index in [1.807, 2.05) is 36.4 Å². The van der Waals surface area contributed by atoms with E-state index in [9.17, 15) is 13.2 Å². The molecule has 0 heterocycles. The molecule has 0 aliphatic heterocycles. The first-order chi connectivity index (χ1) is 13.9. The van der Waals surface area contributed by atoms with Gasteiger partial charge in [0.05, 0.1) is 25.2 Å². The highest BCUT2D eigenvalue weighted by molar-refractivity contribution is 7.89. The summed E-state index contributed by atoms with van der Waals surface area (Å²) in [5.41, 5.74) is 0.616. The Labute approximate surface area is 169 Å². The van der Waals surface area contributed by atoms with Crippen LogP contribution in [0.3, 0.4) is 0 Å². The summed E-state index contributed by atoms with van der Waals surface area (Å²) in [5.74, 6) is 0.224. The predicted molar refractivity (Wildman–Crippen MR) is 112 cm³/mol. The number of fused-ring (bicyclic) bond motifs is 1. The van der Waals surface area contributed by atoms with Gasteiger partial charge in [0.1, 0.15) is 0 Å². The third-order valence-electron chi connectivity index (χ3n) is 4.44. The molecule has 0 aliphatic carbocycles. The molecule has 152 valence electrons. The van der Waals surface area contributed by atoms with Gasteiger partial charge in [0.2, 0.25) is 15.9 Å². The molecule has 0 spiro atoms. The Hall–Kier alpha value is -3.10. The van der Waals surface area contributed by atoms with Gasteiger partial charge in [-0.2, -0.15) is 4.72 Å². The molecule has 0 aliphatic rings. The van der Waals surface area contributed by atoms with Gasteiger partial charge in [-0.1, -0.05) is 36.4 Å². The van der Waals surface area contributed by atoms with Crippen molar-refractivity contribution in [3.63, 3.8) is 0 Å². The van der Waals surface area contributed by atoms with Crippen LogP contribution in [0.15, 0.2) is 65.6 Å². The van der Waals surface area contributed by atoms with Gasteiger partial charge in [-0.15, -0.1) is 0 Å². The van der Waals surface area contributed by atoms with E-state index < -0.39 is 22.0 Å². The van der Waals surface area contributed by atoms with Gasteiger partial charge in [0.25, 0.3) is 0 Å². The van der Waals surface area contributed by atoms with E-state index in [0.717, 1.165) is 10.8 Å². The lowest BCUT2D eigenvalue weighted by atomic mass is 10.1. The van der Waals surface area contributed by atoms with Crippen molar-refractivity contribution in [2.75, 3.05) is 19.5 Å². The van der Waals surface area contributed by atoms with Crippen molar-refractivity contribution in [1.29, 1.82) is 0 Å². The van der Waals surface area contributed by atoms with Crippen molar-refractivity contribution in [1.82, 2.24) is 4.72 Å². The number of nitrogens with one attached hydrogen (secondary N) is 2. The second-order valence-electron chi connectivity index (χ2n) is 6.38. The minimum Gasteiger partial charge on any atom is -0.493 e. The van der Waals surface area contributed by atoms with Crippen LogP contribution in [0.1, 0.15) is 6.92 Å². The Morgan fingerprint density at radius 2 is 1.62 bits per heavy atom. The van der Waals surface area contributed by atoms with Crippen LogP contribution in [0, 0.1) is 0 Å². The number of sulfonamides is 1. The van der Waals surface area contributed by atoms with E-state index in [-0.39, 0.29) is 10.6 Å². The number of methoxy groups -OCH3 is 2. The topological polar surface area (TPSA) is 93.7 Å². The van der Waals surface area contributed by atoms with Crippen LogP contribution in [0.25, 0.3) is 10.8 Å². The second kappa shape index (κ2) is 8.50. The molecule has 8 heteroatoms. The highest BCUT2D eigenvalue weighted by Gasteiger charge is 2.23. The second-order valence-corrected chi connectivity index (χ2v) is 8.09. The molecule has 0 radical (unpaired) electrons. The number of hydrogen-bond donors (Lipinski definition) is 2. The Morgan fingerprint density at radius 3 is 2.34 bits per heavy atom. The van der Waals surface area contributed by atoms with Crippen LogP contribution in [0.5, 0.6) is 11.5 Å². The lowest BCUT2D eigenvalue weighted by Gasteiger charge is -2.16. The number of hydrogen-bond acceptors (Lipinski definition) is 5. The Kier molecular flexibility index (Phi) is 6.05. The summed E-state index contributed by atoms with van der Waals surface area (Å²) in [4.78, 5) is 12.6. The first-order valence-corrected chi connectivity index (χ1v) is 10.4. The van der Waals surface area contributed by atoms with Gasteiger partial charge in [-0.3, -0.25) is 4.79 Å². The zero-order chi connectivity index (χ0) is 21.0. The fraction of sp³-hybridized carbons (Fsp3) is 0.190. The van der Waals surface area contributed by atoms with Crippen molar-refractivity contribution in [3.8, 4) is 11.5 Å². The van der Waals surface area contributed by atoms with Crippen molar-refractivity contribution < 1.29 is 22.7 Å². The maximum absolute atomic E-state index is 12.7. The number of carbonyl (C=O) groups is 1. The number of anilines is 1. The largest absolute Gasteiger partial charge is 0.493 e. The molecule has 0 saturated carbocycles. The van der Waals surface area contributed by atoms with Crippen molar-refractivity contribution >= 4 is 32.4 Å². The van der Waals surface area contributed by atoms with E-state index in [1.54, 1.807) is 6.07 Å². The average Bonchev–Trinajstić information content (AvgIpc) is 2.73. The number of rotatable bonds is 7. The smallest absolute Gasteiger partial charge is 0.242 e. The van der Waals surface area contributed by atoms with Gasteiger partial charge in [0, 0.05) is 17.1 Å². The zero-order valence-corrected chi connectivity index (χ0v) is 17.1. The van der Waals surface area contributed by atoms with Crippen LogP contribution in [-0.4, -0.2) is 34.6 Å². The van der Waals surface area contributed by atoms with Crippen LogP contribution < -0.4 is 19.5 Å². The maximum atomic E-state index is 12.7. The highest BCUT2D eigenvalue weighted by atomic mass is 32.2. The lowest BCUT2D eigenvalue weighted by Crippen LogP contribution is -2.41. The summed E-state index contributed by atoms with van der Waals surface area (Å²) in [7, 11) is -1.06. The minimum absolute atomic E-state index is 0.0278. The normalized spacial score (nSPS) is 12.4. The number of benzene rings is 3. The van der Waals surface area contributed by atoms with Gasteiger partial charge in [0.15, 0.2) is 11.5 Å². The molecular weight excluding hydrogens is 392 g/mol. The molecule has 29 heavy (non-hydrogen) atoms. The molecule has 0 bridgehead atoms. The molecule has 1 unspecified atom stereocenters. The quantitative estimate of drug-likeness (QED) is 0.619. The molecule has 3 aromatic carbocycles. The SMILES string of the molecule is COc1ccc(S(=O)(=O)NC(C)C(=O)Nc2cccc3ccccc23)cc1OC. The van der Waals surface area contributed by atoms with Gasteiger partial charge >= 0.3 is 0 Å². The summed E-state index contributed by atoms with van der Waals surface area (Å²) in [5, 5.41) is 4.64. The molecule has 0 saturated heterocycles. The van der Waals surface area contributed by atoms with Crippen LogP contribution in [-0.2, 0) is 14.8 Å². The van der Waals surface area contributed by atoms with Crippen LogP contribution in [0.4, 0.5) is 5.69 Å². The Morgan fingerprint density at radius 1 is 0.931 bits per heavy atom. The van der Waals surface area contributed by atoms with Crippen molar-refractivity contribution in [2.24, 2.45) is 0 Å². The Bertz CT molecular complexity index is 1140. The monoisotopic (exact) mass is 414 g/mol. The summed E-state index contributed by atoms with van der Waals surface area (Å²) < 4.78 is 38.0. The van der Waals surface area contributed by atoms with E-state index in [2.05, 4.69) is 10.0 Å². The molecule has 0 fully saturated rings. The maximum Gasteiger partial charge on any atom is 0.242 e. The lowest BCUT2D eigenvalue weighted by molar-refractivity contribution is -0.117. The summed E-state index contributed by atoms with van der Waals surface area (Å²) in [6.45, 7) is 1.48. The van der Waals surface area contributed by atoms with Gasteiger partial charge < -0.3 is 14.8 Å². The first-order valence-electron chi connectivity index (χ1n) is 8.88. The zero-order valence-electron chi connectivity index (χ0n) is 16.3. The molecule has 0 aromatic heterocycles. The number of carbonyl (C=O) groups excluding carboxylic acids is 1. The minimum atomic E-state index is -3.94. The summed E-state index contributed by atoms with van der Waals surface area (Å²) in [6.07, 6.45) is 0. The molecule has 1 amide bonds. The first kappa shape index (κ1) is 20.6. The fourth-order valence-electron chi connectivity index (χ4n) is 2.91. The molecule has 1 atom stereocenters. The van der Waals surface area contributed by atoms with E-state index in [4.69, 9.17) is 9.47 Å². The number of ether oxygens (including phenoxy) is 2. The molecule has 2 N–H and O–H groups in total. The third-order valence-corrected chi connectivity index (χ3v) is 5.98. The van der Waals surface area contributed by atoms with Gasteiger partial charge in [-0.05, 0) is 30.5 Å². The van der Waals surface area contributed by atoms with E-state index in [1.165, 1.54) is 39.3 Å². The standard InChI is InChI=1S/C21H22N2O5S/c1-14(21(24)22-18-10-6-8-15-7-4-5-9-17(15)18)23-29(25,26)16-11-12-19(27-2)20(13-16)28-3/h4-14,23H,1-3H3,(H,22,24). The molecule has 7 nitrogen and oxygen atoms in total. The molecular formula is C21H22N2O5S. The average molecular weight is 414 g/mol. The fourth-order valence-corrected chi connectivity index (χ4v) is 4.13. The molecule has 3 rings (SSSR count). The van der Waals surface area contributed by atoms with Gasteiger partial charge in [-0.25, -0.2) is 8.42 Å². The van der Waals surface area contributed by atoms with Crippen molar-refractivity contribution in [2.45, 2.75) is 17.9 Å². The van der Waals surface area contributed by atoms with E-state index >= 15 is 0 Å². The van der Waals surface area contributed by atoms with Crippen LogP contribution >= 0.6 is 0 Å². The number of amides is 1. The third kappa shape index (κ3) is 4.49. The predicted octanol–water partition coefficient (Wildman–Crippen LogP) is 3.16. The Balaban J connectivity index is 1.78. The highest BCUT2D eigenvalue weighted by Crippen LogP contribution is 2.29. The van der Waals surface area contributed by atoms with Crippen LogP contribution in [0.2, 0.25) is 0 Å². The summed E-state index contributed by atoms with van der Waals surface area (Å²) >= 11 is 0.